The van der Waals surface area contributed by atoms with E-state index in [0.29, 0.717) is 17.3 Å². The quantitative estimate of drug-likeness (QED) is 0.804. The van der Waals surface area contributed by atoms with Gasteiger partial charge in [0.1, 0.15) is 5.75 Å². The van der Waals surface area contributed by atoms with Crippen molar-refractivity contribution in [2.45, 2.75) is 6.92 Å². The molecule has 0 spiro atoms. The number of tetrazole rings is 1. The number of benzene rings is 2. The summed E-state index contributed by atoms with van der Waals surface area (Å²) >= 11 is 0. The number of amides is 1. The smallest absolute Gasteiger partial charge is 0.410 e. The van der Waals surface area contributed by atoms with Crippen LogP contribution in [0.4, 0.5) is 10.5 Å². The van der Waals surface area contributed by atoms with Gasteiger partial charge in [-0.25, -0.2) is 9.48 Å². The second-order valence-electron chi connectivity index (χ2n) is 5.04. The zero-order chi connectivity index (χ0) is 16.2. The van der Waals surface area contributed by atoms with Crippen molar-refractivity contribution in [3.63, 3.8) is 0 Å². The van der Waals surface area contributed by atoms with Gasteiger partial charge < -0.3 is 4.74 Å². The molecule has 116 valence electrons. The lowest BCUT2D eigenvalue weighted by Gasteiger charge is -2.09. The van der Waals surface area contributed by atoms with Gasteiger partial charge in [-0.15, -0.1) is 5.10 Å². The molecule has 2 aromatic carbocycles. The number of carbonyl (C=O) groups is 1. The third-order valence-corrected chi connectivity index (χ3v) is 3.16. The molecule has 0 aliphatic carbocycles. The van der Waals surface area contributed by atoms with Crippen molar-refractivity contribution < 1.29 is 9.53 Å². The van der Waals surface area contributed by atoms with Crippen LogP contribution in [0.1, 0.15) is 5.56 Å². The highest BCUT2D eigenvalue weighted by Crippen LogP contribution is 2.22. The van der Waals surface area contributed by atoms with E-state index < -0.39 is 6.09 Å². The van der Waals surface area contributed by atoms with Crippen LogP contribution < -0.4 is 10.1 Å². The molecule has 0 radical (unpaired) electrons. The maximum atomic E-state index is 12.0. The zero-order valence-electron chi connectivity index (χ0n) is 12.7. The summed E-state index contributed by atoms with van der Waals surface area (Å²) in [5.74, 6) is 1.10. The van der Waals surface area contributed by atoms with Crippen LogP contribution in [0.25, 0.3) is 11.4 Å². The average molecular weight is 309 g/mol. The predicted octanol–water partition coefficient (Wildman–Crippen LogP) is 2.80. The SMILES string of the molecule is Cc1cc(NC(=O)Oc2ccccc2)cc(-c2nnnn2C)c1. The van der Waals surface area contributed by atoms with E-state index in [1.807, 2.05) is 25.1 Å². The first-order valence-corrected chi connectivity index (χ1v) is 7.00. The maximum Gasteiger partial charge on any atom is 0.417 e. The Kier molecular flexibility index (Phi) is 4.01. The summed E-state index contributed by atoms with van der Waals surface area (Å²) in [6.07, 6.45) is -0.552. The summed E-state index contributed by atoms with van der Waals surface area (Å²) in [6.45, 7) is 1.93. The van der Waals surface area contributed by atoms with E-state index >= 15 is 0 Å². The highest BCUT2D eigenvalue weighted by molar-refractivity contribution is 5.87. The molecule has 3 aromatic rings. The fourth-order valence-corrected chi connectivity index (χ4v) is 2.20. The van der Waals surface area contributed by atoms with Gasteiger partial charge in [0.25, 0.3) is 0 Å². The number of para-hydroxylation sites is 1. The Balaban J connectivity index is 1.79. The Morgan fingerprint density at radius 2 is 1.96 bits per heavy atom. The molecule has 0 saturated heterocycles. The molecule has 0 unspecified atom stereocenters. The second kappa shape index (κ2) is 6.27. The lowest BCUT2D eigenvalue weighted by molar-refractivity contribution is 0.215. The van der Waals surface area contributed by atoms with Crippen LogP contribution in [0, 0.1) is 6.92 Å². The monoisotopic (exact) mass is 309 g/mol. The van der Waals surface area contributed by atoms with E-state index in [-0.39, 0.29) is 0 Å². The van der Waals surface area contributed by atoms with Crippen LogP contribution in [0.5, 0.6) is 5.75 Å². The van der Waals surface area contributed by atoms with E-state index in [9.17, 15) is 4.79 Å². The van der Waals surface area contributed by atoms with Gasteiger partial charge in [0, 0.05) is 18.3 Å². The molecule has 0 fully saturated rings. The average Bonchev–Trinajstić information content (AvgIpc) is 2.93. The standard InChI is InChI=1S/C16H15N5O2/c1-11-8-12(15-18-19-20-21(15)2)10-13(9-11)17-16(22)23-14-6-4-3-5-7-14/h3-10H,1-2H3,(H,17,22). The van der Waals surface area contributed by atoms with Gasteiger partial charge in [-0.05, 0) is 53.2 Å². The van der Waals surface area contributed by atoms with Gasteiger partial charge in [-0.2, -0.15) is 0 Å². The van der Waals surface area contributed by atoms with Gasteiger partial charge >= 0.3 is 6.09 Å². The van der Waals surface area contributed by atoms with E-state index in [4.69, 9.17) is 4.74 Å². The van der Waals surface area contributed by atoms with Gasteiger partial charge in [0.15, 0.2) is 5.82 Å². The van der Waals surface area contributed by atoms with Gasteiger partial charge in [-0.3, -0.25) is 5.32 Å². The number of nitrogens with one attached hydrogen (secondary N) is 1. The minimum Gasteiger partial charge on any atom is -0.410 e. The number of rotatable bonds is 3. The molecular weight excluding hydrogens is 294 g/mol. The number of nitrogens with zero attached hydrogens (tertiary/aromatic N) is 4. The predicted molar refractivity (Wildman–Crippen MR) is 85.1 cm³/mol. The van der Waals surface area contributed by atoms with Gasteiger partial charge in [0.2, 0.25) is 0 Å². The third-order valence-electron chi connectivity index (χ3n) is 3.16. The van der Waals surface area contributed by atoms with Crippen LogP contribution in [0.3, 0.4) is 0 Å². The van der Waals surface area contributed by atoms with Crippen molar-refractivity contribution in [2.24, 2.45) is 7.05 Å². The minimum atomic E-state index is -0.552. The highest BCUT2D eigenvalue weighted by atomic mass is 16.6. The molecule has 1 aromatic heterocycles. The van der Waals surface area contributed by atoms with Crippen molar-refractivity contribution in [3.05, 3.63) is 54.1 Å². The number of ether oxygens (including phenoxy) is 1. The van der Waals surface area contributed by atoms with E-state index in [2.05, 4.69) is 20.8 Å². The Morgan fingerprint density at radius 1 is 1.17 bits per heavy atom. The summed E-state index contributed by atoms with van der Waals surface area (Å²) in [5, 5.41) is 14.1. The summed E-state index contributed by atoms with van der Waals surface area (Å²) < 4.78 is 6.79. The fraction of sp³-hybridized carbons (Fsp3) is 0.125. The molecular formula is C16H15N5O2. The van der Waals surface area contributed by atoms with Crippen molar-refractivity contribution in [2.75, 3.05) is 5.32 Å². The molecule has 0 saturated carbocycles. The van der Waals surface area contributed by atoms with Crippen molar-refractivity contribution in [3.8, 4) is 17.1 Å². The molecule has 0 aliphatic rings. The summed E-state index contributed by atoms with van der Waals surface area (Å²) in [7, 11) is 1.76. The molecule has 0 aliphatic heterocycles. The van der Waals surface area contributed by atoms with E-state index in [1.165, 1.54) is 0 Å². The second-order valence-corrected chi connectivity index (χ2v) is 5.04. The molecule has 1 N–H and O–H groups in total. The van der Waals surface area contributed by atoms with E-state index in [0.717, 1.165) is 11.1 Å². The number of anilines is 1. The maximum absolute atomic E-state index is 12.0. The molecule has 7 nitrogen and oxygen atoms in total. The summed E-state index contributed by atoms with van der Waals surface area (Å²) in [4.78, 5) is 12.0. The van der Waals surface area contributed by atoms with Crippen LogP contribution in [0.15, 0.2) is 48.5 Å². The highest BCUT2D eigenvalue weighted by Gasteiger charge is 2.10. The first-order valence-electron chi connectivity index (χ1n) is 7.00. The lowest BCUT2D eigenvalue weighted by Crippen LogP contribution is -2.16. The largest absolute Gasteiger partial charge is 0.417 e. The van der Waals surface area contributed by atoms with E-state index in [1.54, 1.807) is 42.1 Å². The fourth-order valence-electron chi connectivity index (χ4n) is 2.20. The number of aryl methyl sites for hydroxylation is 2. The number of aromatic nitrogens is 4. The lowest BCUT2D eigenvalue weighted by atomic mass is 10.1. The minimum absolute atomic E-state index is 0.482. The van der Waals surface area contributed by atoms with Crippen LogP contribution in [-0.2, 0) is 7.05 Å². The Bertz CT molecular complexity index is 829. The van der Waals surface area contributed by atoms with Gasteiger partial charge in [-0.1, -0.05) is 18.2 Å². The number of hydrogen-bond acceptors (Lipinski definition) is 5. The summed E-state index contributed by atoms with van der Waals surface area (Å²) in [5.41, 5.74) is 2.40. The molecule has 23 heavy (non-hydrogen) atoms. The van der Waals surface area contributed by atoms with Crippen molar-refractivity contribution in [1.82, 2.24) is 20.2 Å². The molecule has 7 heteroatoms. The number of hydrogen-bond donors (Lipinski definition) is 1. The molecule has 1 heterocycles. The molecule has 0 bridgehead atoms. The van der Waals surface area contributed by atoms with Crippen molar-refractivity contribution in [1.29, 1.82) is 0 Å². The van der Waals surface area contributed by atoms with Crippen LogP contribution >= 0.6 is 0 Å². The first-order chi connectivity index (χ1) is 11.1. The topological polar surface area (TPSA) is 81.9 Å². The molecule has 3 rings (SSSR count). The molecule has 0 atom stereocenters. The Morgan fingerprint density at radius 3 is 2.65 bits per heavy atom. The third kappa shape index (κ3) is 3.52. The Hall–Kier alpha value is -3.22. The number of carbonyl (C=O) groups excluding carboxylic acids is 1. The van der Waals surface area contributed by atoms with Crippen LogP contribution in [0.2, 0.25) is 0 Å². The Labute approximate surface area is 132 Å². The first kappa shape index (κ1) is 14.7. The normalized spacial score (nSPS) is 10.3. The van der Waals surface area contributed by atoms with Crippen molar-refractivity contribution >= 4 is 11.8 Å². The molecule has 1 amide bonds. The summed E-state index contributed by atoms with van der Waals surface area (Å²) in [6, 6.07) is 14.5. The zero-order valence-corrected chi connectivity index (χ0v) is 12.7. The van der Waals surface area contributed by atoms with Gasteiger partial charge in [0.05, 0.1) is 0 Å². The van der Waals surface area contributed by atoms with Crippen LogP contribution in [-0.4, -0.2) is 26.3 Å².